The van der Waals surface area contributed by atoms with E-state index in [1.165, 1.54) is 83.5 Å². The van der Waals surface area contributed by atoms with Gasteiger partial charge in [0.05, 0.1) is 22.7 Å². The first-order valence-electron chi connectivity index (χ1n) is 15.9. The highest BCUT2D eigenvalue weighted by atomic mass is 79.9. The van der Waals surface area contributed by atoms with Gasteiger partial charge in [0.15, 0.2) is 0 Å². The van der Waals surface area contributed by atoms with E-state index in [4.69, 9.17) is 14.2 Å². The monoisotopic (exact) mass is 614 g/mol. The quantitative estimate of drug-likeness (QED) is 0.0951. The second-order valence-corrected chi connectivity index (χ2v) is 12.4. The summed E-state index contributed by atoms with van der Waals surface area (Å²) in [6.45, 7) is 7.33. The Labute approximate surface area is 251 Å². The van der Waals surface area contributed by atoms with Gasteiger partial charge >= 0.3 is 5.97 Å². The normalized spacial score (nSPS) is 17.8. The Bertz CT molecular complexity index is 989. The van der Waals surface area contributed by atoms with Crippen LogP contribution < -0.4 is 14.2 Å². The number of carbonyl (C=O) groups is 1. The second kappa shape index (κ2) is 18.4. The minimum atomic E-state index is -0.394. The van der Waals surface area contributed by atoms with Crippen LogP contribution in [-0.2, 0) is 0 Å². The molecule has 0 radical (unpaired) electrons. The van der Waals surface area contributed by atoms with Crippen LogP contribution >= 0.6 is 15.9 Å². The standard InChI is InChI=1S/C35H51BrO4/c1-4-6-8-10-14-27(3)39-34-24-19-30(26-33(34)36)35(37)40-32-22-20-31(21-23-32)38-25-13-18-29-17-12-11-16-28(29)15-9-7-5-2/h19-24,26-29H,4-18,25H2,1-3H3. The molecule has 222 valence electrons. The summed E-state index contributed by atoms with van der Waals surface area (Å²) in [5.41, 5.74) is 0.478. The Balaban J connectivity index is 1.40. The van der Waals surface area contributed by atoms with E-state index >= 15 is 0 Å². The molecule has 3 unspecified atom stereocenters. The van der Waals surface area contributed by atoms with Crippen molar-refractivity contribution in [2.24, 2.45) is 11.8 Å². The number of hydrogen-bond donors (Lipinski definition) is 0. The van der Waals surface area contributed by atoms with Crippen LogP contribution in [0.5, 0.6) is 17.2 Å². The Hall–Kier alpha value is -2.01. The third-order valence-electron chi connectivity index (χ3n) is 8.23. The lowest BCUT2D eigenvalue weighted by Crippen LogP contribution is -2.20. The molecule has 3 atom stereocenters. The van der Waals surface area contributed by atoms with Crippen molar-refractivity contribution in [3.63, 3.8) is 0 Å². The summed E-state index contributed by atoms with van der Waals surface area (Å²) in [5.74, 6) is 3.46. The van der Waals surface area contributed by atoms with Crippen LogP contribution in [0.15, 0.2) is 46.9 Å². The maximum atomic E-state index is 12.7. The van der Waals surface area contributed by atoms with E-state index in [-0.39, 0.29) is 6.10 Å². The molecule has 1 saturated carbocycles. The van der Waals surface area contributed by atoms with Crippen molar-refractivity contribution < 1.29 is 19.0 Å². The number of halogens is 1. The van der Waals surface area contributed by atoms with Crippen molar-refractivity contribution in [3.8, 4) is 17.2 Å². The predicted molar refractivity (Wildman–Crippen MR) is 169 cm³/mol. The zero-order valence-corrected chi connectivity index (χ0v) is 26.7. The average molecular weight is 616 g/mol. The molecule has 1 fully saturated rings. The minimum absolute atomic E-state index is 0.131. The summed E-state index contributed by atoms with van der Waals surface area (Å²) in [6.07, 6.45) is 19.5. The number of hydrogen-bond acceptors (Lipinski definition) is 4. The lowest BCUT2D eigenvalue weighted by atomic mass is 9.74. The molecule has 5 heteroatoms. The van der Waals surface area contributed by atoms with Gasteiger partial charge in [-0.15, -0.1) is 0 Å². The lowest BCUT2D eigenvalue weighted by Gasteiger charge is -2.31. The number of carbonyl (C=O) groups excluding carboxylic acids is 1. The molecule has 0 aromatic heterocycles. The maximum absolute atomic E-state index is 12.7. The molecule has 2 aromatic carbocycles. The van der Waals surface area contributed by atoms with E-state index in [0.717, 1.165) is 47.3 Å². The molecule has 0 amide bonds. The Morgan fingerprint density at radius 3 is 2.17 bits per heavy atom. The van der Waals surface area contributed by atoms with Crippen LogP contribution in [0.2, 0.25) is 0 Å². The van der Waals surface area contributed by atoms with E-state index in [1.807, 2.05) is 18.2 Å². The predicted octanol–water partition coefficient (Wildman–Crippen LogP) is 11.0. The first-order valence-corrected chi connectivity index (χ1v) is 16.7. The largest absolute Gasteiger partial charge is 0.494 e. The number of unbranched alkanes of at least 4 members (excludes halogenated alkanes) is 5. The zero-order chi connectivity index (χ0) is 28.6. The molecule has 0 aliphatic heterocycles. The molecule has 40 heavy (non-hydrogen) atoms. The van der Waals surface area contributed by atoms with E-state index in [2.05, 4.69) is 36.7 Å². The lowest BCUT2D eigenvalue weighted by molar-refractivity contribution is 0.0734. The Kier molecular flexibility index (Phi) is 15.0. The third kappa shape index (κ3) is 11.5. The van der Waals surface area contributed by atoms with Crippen molar-refractivity contribution in [1.82, 2.24) is 0 Å². The fourth-order valence-corrected chi connectivity index (χ4v) is 6.34. The summed E-state index contributed by atoms with van der Waals surface area (Å²) in [7, 11) is 0. The van der Waals surface area contributed by atoms with E-state index < -0.39 is 5.97 Å². The number of esters is 1. The van der Waals surface area contributed by atoms with Crippen molar-refractivity contribution in [2.45, 2.75) is 123 Å². The highest BCUT2D eigenvalue weighted by molar-refractivity contribution is 9.10. The zero-order valence-electron chi connectivity index (χ0n) is 25.1. The fraction of sp³-hybridized carbons (Fsp3) is 0.629. The number of ether oxygens (including phenoxy) is 3. The maximum Gasteiger partial charge on any atom is 0.343 e. The average Bonchev–Trinajstić information content (AvgIpc) is 2.96. The van der Waals surface area contributed by atoms with Gasteiger partial charge in [-0.25, -0.2) is 4.79 Å². The van der Waals surface area contributed by atoms with Crippen LogP contribution in [-0.4, -0.2) is 18.7 Å². The summed E-state index contributed by atoms with van der Waals surface area (Å²) < 4.78 is 18.5. The summed E-state index contributed by atoms with van der Waals surface area (Å²) >= 11 is 3.55. The molecule has 0 saturated heterocycles. The van der Waals surface area contributed by atoms with Gasteiger partial charge in [0, 0.05) is 0 Å². The van der Waals surface area contributed by atoms with Crippen LogP contribution in [0.1, 0.15) is 127 Å². The SMILES string of the molecule is CCCCCCC(C)Oc1ccc(C(=O)Oc2ccc(OCCCC3CCCCC3CCCCC)cc2)cc1Br. The van der Waals surface area contributed by atoms with Crippen molar-refractivity contribution in [3.05, 3.63) is 52.5 Å². The minimum Gasteiger partial charge on any atom is -0.494 e. The van der Waals surface area contributed by atoms with Gasteiger partial charge in [-0.05, 0) is 103 Å². The van der Waals surface area contributed by atoms with Gasteiger partial charge in [-0.1, -0.05) is 84.5 Å². The summed E-state index contributed by atoms with van der Waals surface area (Å²) in [4.78, 5) is 12.7. The van der Waals surface area contributed by atoms with Gasteiger partial charge < -0.3 is 14.2 Å². The van der Waals surface area contributed by atoms with Gasteiger partial charge in [0.1, 0.15) is 17.2 Å². The van der Waals surface area contributed by atoms with E-state index in [9.17, 15) is 4.79 Å². The van der Waals surface area contributed by atoms with E-state index in [1.54, 1.807) is 24.3 Å². The van der Waals surface area contributed by atoms with Crippen LogP contribution in [0.3, 0.4) is 0 Å². The first-order chi connectivity index (χ1) is 19.5. The smallest absolute Gasteiger partial charge is 0.343 e. The second-order valence-electron chi connectivity index (χ2n) is 11.6. The van der Waals surface area contributed by atoms with Crippen LogP contribution in [0, 0.1) is 11.8 Å². The molecule has 0 N–H and O–H groups in total. The molecular weight excluding hydrogens is 564 g/mol. The van der Waals surface area contributed by atoms with Gasteiger partial charge in [0.25, 0.3) is 0 Å². The van der Waals surface area contributed by atoms with Gasteiger partial charge in [-0.2, -0.15) is 0 Å². The van der Waals surface area contributed by atoms with Crippen LogP contribution in [0.25, 0.3) is 0 Å². The summed E-state index contributed by atoms with van der Waals surface area (Å²) in [6, 6.07) is 12.7. The molecule has 2 aromatic rings. The Morgan fingerprint density at radius 2 is 1.50 bits per heavy atom. The third-order valence-corrected chi connectivity index (χ3v) is 8.85. The number of rotatable bonds is 18. The summed E-state index contributed by atoms with van der Waals surface area (Å²) in [5, 5.41) is 0. The topological polar surface area (TPSA) is 44.8 Å². The Morgan fingerprint density at radius 1 is 0.850 bits per heavy atom. The van der Waals surface area contributed by atoms with Crippen molar-refractivity contribution >= 4 is 21.9 Å². The van der Waals surface area contributed by atoms with E-state index in [0.29, 0.717) is 11.3 Å². The number of benzene rings is 2. The molecule has 4 nitrogen and oxygen atoms in total. The molecular formula is C35H51BrO4. The molecule has 3 rings (SSSR count). The molecule has 1 aliphatic carbocycles. The molecule has 0 bridgehead atoms. The molecule has 1 aliphatic rings. The van der Waals surface area contributed by atoms with Crippen LogP contribution in [0.4, 0.5) is 0 Å². The van der Waals surface area contributed by atoms with Crippen molar-refractivity contribution in [1.29, 1.82) is 0 Å². The first kappa shape index (κ1) is 32.5. The molecule has 0 spiro atoms. The fourth-order valence-electron chi connectivity index (χ4n) is 5.86. The van der Waals surface area contributed by atoms with Gasteiger partial charge in [0.2, 0.25) is 0 Å². The molecule has 0 heterocycles. The van der Waals surface area contributed by atoms with Crippen molar-refractivity contribution in [2.75, 3.05) is 6.61 Å². The van der Waals surface area contributed by atoms with Gasteiger partial charge in [-0.3, -0.25) is 0 Å². The highest BCUT2D eigenvalue weighted by Gasteiger charge is 2.24. The highest BCUT2D eigenvalue weighted by Crippen LogP contribution is 2.36.